The van der Waals surface area contributed by atoms with E-state index in [0.717, 1.165) is 84.5 Å². The van der Waals surface area contributed by atoms with Gasteiger partial charge in [0.15, 0.2) is 0 Å². The van der Waals surface area contributed by atoms with Crippen molar-refractivity contribution in [1.82, 2.24) is 29.9 Å². The fourth-order valence-electron chi connectivity index (χ4n) is 5.94. The van der Waals surface area contributed by atoms with E-state index in [0.29, 0.717) is 5.82 Å². The Hall–Kier alpha value is -2.85. The summed E-state index contributed by atoms with van der Waals surface area (Å²) in [6, 6.07) is 4.27. The zero-order valence-corrected chi connectivity index (χ0v) is 29.2. The molecule has 0 unspecified atom stereocenters. The second-order valence-electron chi connectivity index (χ2n) is 10.6. The van der Waals surface area contributed by atoms with Gasteiger partial charge in [0.05, 0.1) is 23.0 Å². The number of nitrogens with zero attached hydrogens (tertiary/aromatic N) is 6. The van der Waals surface area contributed by atoms with Gasteiger partial charge in [0, 0.05) is 0 Å². The van der Waals surface area contributed by atoms with Crippen molar-refractivity contribution in [1.29, 1.82) is 0 Å². The molecule has 0 atom stereocenters. The molecule has 5 heterocycles. The van der Waals surface area contributed by atoms with Gasteiger partial charge in [-0.2, -0.15) is 0 Å². The molecule has 0 radical (unpaired) electrons. The van der Waals surface area contributed by atoms with Gasteiger partial charge in [-0.05, 0) is 113 Å². The van der Waals surface area contributed by atoms with E-state index in [2.05, 4.69) is 80.5 Å². The summed E-state index contributed by atoms with van der Waals surface area (Å²) in [6.07, 6.45) is 9.53. The molecule has 3 aromatic rings. The number of fused-ring (bicyclic) bond motifs is 8. The third-order valence-corrected chi connectivity index (χ3v) is 7.86. The first-order valence-electron chi connectivity index (χ1n) is 15.8. The Balaban J connectivity index is 0.00000116. The van der Waals surface area contributed by atoms with Gasteiger partial charge in [-0.25, -0.2) is 0 Å². The fraction of sp³-hybridized carbons (Fsp3) is 0.486. The molecule has 6 nitrogen and oxygen atoms in total. The van der Waals surface area contributed by atoms with Crippen LogP contribution in [0, 0.1) is 0 Å². The van der Waals surface area contributed by atoms with Crippen molar-refractivity contribution in [3.05, 3.63) is 57.4 Å². The van der Waals surface area contributed by atoms with Crippen LogP contribution in [-0.4, -0.2) is 19.9 Å². The Morgan fingerprint density at radius 2 is 1.02 bits per heavy atom. The van der Waals surface area contributed by atoms with Crippen LogP contribution in [0.15, 0.2) is 12.1 Å². The minimum Gasteiger partial charge on any atom is -0.436 e. The monoisotopic (exact) mass is 745 g/mol. The molecule has 0 saturated carbocycles. The van der Waals surface area contributed by atoms with Crippen molar-refractivity contribution in [2.24, 2.45) is 0 Å². The van der Waals surface area contributed by atoms with Crippen molar-refractivity contribution >= 4 is 45.1 Å². The van der Waals surface area contributed by atoms with Gasteiger partial charge in [-0.3, -0.25) is 9.97 Å². The number of allylic oxidation sites excluding steroid dienone is 3. The molecule has 2 aliphatic heterocycles. The maximum absolute atomic E-state index is 5.13. The van der Waals surface area contributed by atoms with E-state index in [-0.39, 0.29) is 21.1 Å². The second-order valence-corrected chi connectivity index (χ2v) is 10.6. The Labute approximate surface area is 266 Å². The normalized spacial score (nSPS) is 12.5. The Morgan fingerprint density at radius 3 is 1.50 bits per heavy atom. The molecule has 2 aliphatic rings. The first-order chi connectivity index (χ1) is 19.9. The van der Waals surface area contributed by atoms with Gasteiger partial charge < -0.3 is 19.9 Å². The van der Waals surface area contributed by atoms with Crippen LogP contribution in [0.1, 0.15) is 133 Å². The first kappa shape index (κ1) is 33.6. The van der Waals surface area contributed by atoms with Crippen molar-refractivity contribution in [2.45, 2.75) is 114 Å². The summed E-state index contributed by atoms with van der Waals surface area (Å²) < 4.78 is 0. The maximum atomic E-state index is 5.13. The van der Waals surface area contributed by atoms with Gasteiger partial charge in [-0.15, -0.1) is 0 Å². The molecular weight excluding hydrogens is 700 g/mol. The fourth-order valence-corrected chi connectivity index (χ4v) is 5.94. The van der Waals surface area contributed by atoms with Crippen LogP contribution in [-0.2, 0) is 46.7 Å². The Kier molecular flexibility index (Phi) is 12.1. The topological polar surface area (TPSA) is 79.8 Å². The quantitative estimate of drug-likeness (QED) is 0.241. The third-order valence-electron chi connectivity index (χ3n) is 7.86. The zero-order valence-electron chi connectivity index (χ0n) is 26.9. The Bertz CT molecular complexity index is 1640. The average Bonchev–Trinajstić information content (AvgIpc) is 3.70. The summed E-state index contributed by atoms with van der Waals surface area (Å²) >= 11 is 0. The summed E-state index contributed by atoms with van der Waals surface area (Å²) in [6.45, 7) is 19.5. The van der Waals surface area contributed by atoms with Gasteiger partial charge in [0.2, 0.25) is 0 Å². The molecule has 0 aliphatic carbocycles. The SMILES string of the molecule is CCC.CCC1=Cc2nc1cc1[n-]c(nc3nc(cc4[n-]c(n2)c(CC)c4CC)C(CC)=C3CC)c(CC)c1CC.[Pt+2]. The van der Waals surface area contributed by atoms with Crippen LogP contribution in [0.4, 0.5) is 0 Å². The summed E-state index contributed by atoms with van der Waals surface area (Å²) in [5.41, 5.74) is 13.9. The smallest absolute Gasteiger partial charge is 0.436 e. The van der Waals surface area contributed by atoms with E-state index in [1.54, 1.807) is 0 Å². The predicted octanol–water partition coefficient (Wildman–Crippen LogP) is 8.71. The van der Waals surface area contributed by atoms with Gasteiger partial charge in [-0.1, -0.05) is 80.0 Å². The molecular formula is C35H46N6Pt. The molecule has 0 spiro atoms. The van der Waals surface area contributed by atoms with Gasteiger partial charge >= 0.3 is 21.1 Å². The van der Waals surface area contributed by atoms with Crippen LogP contribution in [0.25, 0.3) is 45.1 Å². The van der Waals surface area contributed by atoms with Crippen molar-refractivity contribution < 1.29 is 21.1 Å². The summed E-state index contributed by atoms with van der Waals surface area (Å²) in [5, 5.41) is 0. The van der Waals surface area contributed by atoms with E-state index < -0.39 is 0 Å². The zero-order chi connectivity index (χ0) is 29.7. The van der Waals surface area contributed by atoms with E-state index in [4.69, 9.17) is 29.9 Å². The molecule has 7 heteroatoms. The summed E-state index contributed by atoms with van der Waals surface area (Å²) in [7, 11) is 0. The van der Waals surface area contributed by atoms with Crippen molar-refractivity contribution in [2.75, 3.05) is 0 Å². The molecule has 3 aromatic heterocycles. The number of rotatable bonds is 7. The molecule has 42 heavy (non-hydrogen) atoms. The minimum absolute atomic E-state index is 0. The van der Waals surface area contributed by atoms with Crippen LogP contribution < -0.4 is 9.97 Å². The molecule has 5 rings (SSSR count). The van der Waals surface area contributed by atoms with E-state index in [9.17, 15) is 0 Å². The number of hydrogen-bond acceptors (Lipinski definition) is 4. The summed E-state index contributed by atoms with van der Waals surface area (Å²) in [5.74, 6) is 1.50. The predicted molar refractivity (Wildman–Crippen MR) is 174 cm³/mol. The molecule has 8 bridgehead atoms. The number of aromatic nitrogens is 6. The second kappa shape index (κ2) is 15.0. The molecule has 0 saturated heterocycles. The average molecular weight is 746 g/mol. The van der Waals surface area contributed by atoms with Crippen LogP contribution in [0.3, 0.4) is 0 Å². The van der Waals surface area contributed by atoms with E-state index in [1.165, 1.54) is 45.4 Å². The van der Waals surface area contributed by atoms with Crippen molar-refractivity contribution in [3.8, 4) is 0 Å². The van der Waals surface area contributed by atoms with Crippen molar-refractivity contribution in [3.63, 3.8) is 0 Å². The largest absolute Gasteiger partial charge is 2.00 e. The Morgan fingerprint density at radius 1 is 0.524 bits per heavy atom. The molecule has 0 fully saturated rings. The third kappa shape index (κ3) is 6.39. The van der Waals surface area contributed by atoms with Crippen LogP contribution >= 0.6 is 0 Å². The summed E-state index contributed by atoms with van der Waals surface area (Å²) in [4.78, 5) is 30.3. The maximum Gasteiger partial charge on any atom is 2.00 e. The number of hydrogen-bond donors (Lipinski definition) is 0. The molecule has 0 aromatic carbocycles. The minimum atomic E-state index is 0. The van der Waals surface area contributed by atoms with Crippen LogP contribution in [0.2, 0.25) is 0 Å². The standard InChI is InChI=1S/C32H38N6.C3H8.Pt/c1-8-18-15-29-33-25(18)16-26-20(10-3)23(13-6)31(35-26)38-32-24(14-7)21(11-4)28(36-32)17-27-19(9-2)22(12-5)30(34-27)37-29;1-3-2;/h15-17H,8-14H2,1-7H3;3H2,1-2H3;/q-2;;+2. The van der Waals surface area contributed by atoms with E-state index in [1.807, 2.05) is 0 Å². The van der Waals surface area contributed by atoms with Crippen LogP contribution in [0.5, 0.6) is 0 Å². The number of aryl methyl sites for hydroxylation is 4. The van der Waals surface area contributed by atoms with Gasteiger partial charge in [0.1, 0.15) is 0 Å². The molecule has 0 amide bonds. The molecule has 0 N–H and O–H groups in total. The first-order valence-corrected chi connectivity index (χ1v) is 15.8. The van der Waals surface area contributed by atoms with E-state index >= 15 is 0 Å². The van der Waals surface area contributed by atoms with Gasteiger partial charge in [0.25, 0.3) is 0 Å². The molecule has 226 valence electrons.